The number of hydrogen-bond donors (Lipinski definition) is 1. The number of nitrogens with zero attached hydrogens (tertiary/aromatic N) is 2. The van der Waals surface area contributed by atoms with Crippen LogP contribution in [0.15, 0.2) is 36.4 Å². The molecule has 0 aliphatic rings. The Balaban J connectivity index is 1.88. The zero-order chi connectivity index (χ0) is 14.8. The van der Waals surface area contributed by atoms with Crippen molar-refractivity contribution in [1.29, 1.82) is 0 Å². The number of anilines is 1. The van der Waals surface area contributed by atoms with Gasteiger partial charge >= 0.3 is 0 Å². The van der Waals surface area contributed by atoms with E-state index in [1.807, 2.05) is 18.2 Å². The molecule has 0 fully saturated rings. The molecule has 0 saturated carbocycles. The van der Waals surface area contributed by atoms with Gasteiger partial charge in [0, 0.05) is 14.8 Å². The molecule has 0 atom stereocenters. The summed E-state index contributed by atoms with van der Waals surface area (Å²) in [5.74, 6) is -0.124. The topological polar surface area (TPSA) is 54.9 Å². The average molecular weight is 409 g/mol. The van der Waals surface area contributed by atoms with Gasteiger partial charge in [0.15, 0.2) is 0 Å². The Labute approximate surface area is 140 Å². The third-order valence-corrected chi connectivity index (χ3v) is 4.44. The van der Waals surface area contributed by atoms with Gasteiger partial charge in [-0.15, -0.1) is 0 Å². The van der Waals surface area contributed by atoms with Crippen molar-refractivity contribution in [3.05, 3.63) is 51.1 Å². The second-order valence-electron chi connectivity index (χ2n) is 4.58. The van der Waals surface area contributed by atoms with Crippen molar-refractivity contribution < 1.29 is 4.79 Å². The van der Waals surface area contributed by atoms with Crippen LogP contribution in [0.25, 0.3) is 11.0 Å². The van der Waals surface area contributed by atoms with Crippen LogP contribution in [0.4, 0.5) is 5.69 Å². The van der Waals surface area contributed by atoms with Gasteiger partial charge in [0.25, 0.3) is 5.91 Å². The summed E-state index contributed by atoms with van der Waals surface area (Å²) in [5.41, 5.74) is 4.16. The molecule has 0 bridgehead atoms. The van der Waals surface area contributed by atoms with E-state index in [-0.39, 0.29) is 5.91 Å². The summed E-state index contributed by atoms with van der Waals surface area (Å²) in [6.45, 7) is 2.08. The predicted molar refractivity (Wildman–Crippen MR) is 93.9 cm³/mol. The Bertz CT molecular complexity index is 816. The van der Waals surface area contributed by atoms with E-state index in [1.54, 1.807) is 12.1 Å². The third kappa shape index (κ3) is 3.06. The maximum Gasteiger partial charge on any atom is 0.255 e. The van der Waals surface area contributed by atoms with Gasteiger partial charge in [0.05, 0.1) is 11.7 Å². The normalized spacial score (nSPS) is 10.8. The fourth-order valence-electron chi connectivity index (χ4n) is 2.09. The van der Waals surface area contributed by atoms with Crippen LogP contribution in [0.2, 0.25) is 0 Å². The molecule has 1 amide bonds. The first-order valence-electron chi connectivity index (χ1n) is 6.49. The lowest BCUT2D eigenvalue weighted by molar-refractivity contribution is 0.102. The summed E-state index contributed by atoms with van der Waals surface area (Å²) in [6, 6.07) is 11.4. The van der Waals surface area contributed by atoms with Gasteiger partial charge in [-0.3, -0.25) is 4.79 Å². The molecule has 0 saturated heterocycles. The Kier molecular flexibility index (Phi) is 4.16. The molecule has 1 heterocycles. The molecular weight excluding hydrogens is 397 g/mol. The van der Waals surface area contributed by atoms with Crippen LogP contribution in [0.3, 0.4) is 0 Å². The molecule has 0 radical (unpaired) electrons. The van der Waals surface area contributed by atoms with E-state index in [4.69, 9.17) is 0 Å². The highest BCUT2D eigenvalue weighted by atomic mass is 127. The number of fused-ring (bicyclic) bond motifs is 1. The highest BCUT2D eigenvalue weighted by molar-refractivity contribution is 14.1. The Hall–Kier alpha value is -1.54. The minimum absolute atomic E-state index is 0.124. The summed E-state index contributed by atoms with van der Waals surface area (Å²) in [4.78, 5) is 12.4. The van der Waals surface area contributed by atoms with E-state index in [2.05, 4.69) is 49.6 Å². The van der Waals surface area contributed by atoms with Crippen LogP contribution >= 0.6 is 34.3 Å². The molecular formula is C15H12IN3OS. The fourth-order valence-corrected chi connectivity index (χ4v) is 3.17. The molecule has 0 aliphatic heterocycles. The maximum absolute atomic E-state index is 12.4. The largest absolute Gasteiger partial charge is 0.322 e. The molecule has 1 aromatic heterocycles. The first-order chi connectivity index (χ1) is 10.2. The van der Waals surface area contributed by atoms with Crippen LogP contribution in [0.5, 0.6) is 0 Å². The van der Waals surface area contributed by atoms with Crippen LogP contribution in [0.1, 0.15) is 22.8 Å². The highest BCUT2D eigenvalue weighted by Gasteiger charge is 2.10. The van der Waals surface area contributed by atoms with E-state index in [9.17, 15) is 4.79 Å². The van der Waals surface area contributed by atoms with E-state index < -0.39 is 0 Å². The lowest BCUT2D eigenvalue weighted by Crippen LogP contribution is -2.13. The standard InChI is InChI=1S/C15H12IN3OS/c1-2-9-7-11(16)4-6-12(9)17-15(20)10-3-5-13-14(8-10)19-21-18-13/h3-8H,2H2,1H3,(H,17,20). The smallest absolute Gasteiger partial charge is 0.255 e. The fraction of sp³-hybridized carbons (Fsp3) is 0.133. The lowest BCUT2D eigenvalue weighted by Gasteiger charge is -2.10. The second kappa shape index (κ2) is 6.07. The number of hydrogen-bond acceptors (Lipinski definition) is 4. The van der Waals surface area contributed by atoms with E-state index >= 15 is 0 Å². The van der Waals surface area contributed by atoms with Gasteiger partial charge in [0.2, 0.25) is 0 Å². The van der Waals surface area contributed by atoms with Gasteiger partial charge in [-0.25, -0.2) is 0 Å². The highest BCUT2D eigenvalue weighted by Crippen LogP contribution is 2.21. The average Bonchev–Trinajstić information content (AvgIpc) is 2.96. The van der Waals surface area contributed by atoms with Crippen LogP contribution in [-0.2, 0) is 6.42 Å². The summed E-state index contributed by atoms with van der Waals surface area (Å²) < 4.78 is 9.47. The number of halogens is 1. The van der Waals surface area contributed by atoms with Crippen LogP contribution in [0, 0.1) is 3.57 Å². The van der Waals surface area contributed by atoms with E-state index in [0.717, 1.165) is 44.0 Å². The molecule has 4 nitrogen and oxygen atoms in total. The molecule has 0 unspecified atom stereocenters. The van der Waals surface area contributed by atoms with Crippen LogP contribution in [-0.4, -0.2) is 14.7 Å². The molecule has 0 aliphatic carbocycles. The Morgan fingerprint density at radius 2 is 2.00 bits per heavy atom. The zero-order valence-corrected chi connectivity index (χ0v) is 14.2. The van der Waals surface area contributed by atoms with E-state index in [0.29, 0.717) is 5.56 Å². The molecule has 3 aromatic rings. The zero-order valence-electron chi connectivity index (χ0n) is 11.3. The number of amides is 1. The van der Waals surface area contributed by atoms with E-state index in [1.165, 1.54) is 0 Å². The second-order valence-corrected chi connectivity index (χ2v) is 6.35. The molecule has 3 rings (SSSR count). The lowest BCUT2D eigenvalue weighted by atomic mass is 10.1. The predicted octanol–water partition coefficient (Wildman–Crippen LogP) is 4.11. The first kappa shape index (κ1) is 14.4. The van der Waals surface area contributed by atoms with Crippen molar-refractivity contribution in [2.45, 2.75) is 13.3 Å². The SMILES string of the molecule is CCc1cc(I)ccc1NC(=O)c1ccc2nsnc2c1. The molecule has 0 spiro atoms. The number of carbonyl (C=O) groups is 1. The maximum atomic E-state index is 12.4. The monoisotopic (exact) mass is 409 g/mol. The summed E-state index contributed by atoms with van der Waals surface area (Å²) in [6.07, 6.45) is 0.876. The van der Waals surface area contributed by atoms with Gasteiger partial charge in [-0.1, -0.05) is 6.92 Å². The first-order valence-corrected chi connectivity index (χ1v) is 8.30. The van der Waals surface area contributed by atoms with Crippen molar-refractivity contribution in [2.24, 2.45) is 0 Å². The molecule has 2 aromatic carbocycles. The van der Waals surface area contributed by atoms with Crippen molar-refractivity contribution in [3.8, 4) is 0 Å². The molecule has 1 N–H and O–H groups in total. The third-order valence-electron chi connectivity index (χ3n) is 3.21. The van der Waals surface area contributed by atoms with Gasteiger partial charge in [-0.05, 0) is 71.0 Å². The summed E-state index contributed by atoms with van der Waals surface area (Å²) in [7, 11) is 0. The molecule has 6 heteroatoms. The molecule has 21 heavy (non-hydrogen) atoms. The van der Waals surface area contributed by atoms with Gasteiger partial charge in [-0.2, -0.15) is 8.75 Å². The van der Waals surface area contributed by atoms with Crippen molar-refractivity contribution >= 4 is 56.9 Å². The number of aryl methyl sites for hydroxylation is 1. The van der Waals surface area contributed by atoms with Crippen molar-refractivity contribution in [3.63, 3.8) is 0 Å². The van der Waals surface area contributed by atoms with Crippen molar-refractivity contribution in [2.75, 3.05) is 5.32 Å². The summed E-state index contributed by atoms with van der Waals surface area (Å²) in [5, 5.41) is 2.97. The van der Waals surface area contributed by atoms with Gasteiger partial charge < -0.3 is 5.32 Å². The summed E-state index contributed by atoms with van der Waals surface area (Å²) >= 11 is 3.43. The number of aromatic nitrogens is 2. The Morgan fingerprint density at radius 3 is 2.81 bits per heavy atom. The van der Waals surface area contributed by atoms with Crippen LogP contribution < -0.4 is 5.32 Å². The minimum atomic E-state index is -0.124. The number of rotatable bonds is 3. The number of nitrogens with one attached hydrogen (secondary N) is 1. The molecule has 106 valence electrons. The minimum Gasteiger partial charge on any atom is -0.322 e. The Morgan fingerprint density at radius 1 is 1.19 bits per heavy atom. The number of carbonyl (C=O) groups excluding carboxylic acids is 1. The quantitative estimate of drug-likeness (QED) is 0.663. The van der Waals surface area contributed by atoms with Crippen molar-refractivity contribution in [1.82, 2.24) is 8.75 Å². The number of benzene rings is 2. The van der Waals surface area contributed by atoms with Gasteiger partial charge in [0.1, 0.15) is 11.0 Å².